The molecule has 0 N–H and O–H groups in total. The molecule has 0 aliphatic rings. The van der Waals surface area contributed by atoms with Gasteiger partial charge in [-0.25, -0.2) is 9.37 Å². The molecule has 3 rings (SSSR count). The number of alkyl halides is 1. The van der Waals surface area contributed by atoms with Gasteiger partial charge in [0.1, 0.15) is 11.6 Å². The Morgan fingerprint density at radius 1 is 1.29 bits per heavy atom. The SMILES string of the molecule is Cc1cc2c(cc1F)nc(CCl)n2-c1cc(Br)ccc1Cl. The minimum Gasteiger partial charge on any atom is -0.294 e. The van der Waals surface area contributed by atoms with Gasteiger partial charge in [0.15, 0.2) is 0 Å². The lowest BCUT2D eigenvalue weighted by atomic mass is 10.2. The number of hydrogen-bond donors (Lipinski definition) is 0. The van der Waals surface area contributed by atoms with Crippen LogP contribution >= 0.6 is 39.1 Å². The van der Waals surface area contributed by atoms with Crippen molar-refractivity contribution in [2.24, 2.45) is 0 Å². The molecule has 0 saturated carbocycles. The number of rotatable bonds is 2. The molecule has 0 fully saturated rings. The molecule has 0 bridgehead atoms. The number of benzene rings is 2. The summed E-state index contributed by atoms with van der Waals surface area (Å²) in [5.74, 6) is 0.545. The van der Waals surface area contributed by atoms with Crippen LogP contribution in [0.2, 0.25) is 5.02 Å². The Kier molecular flexibility index (Phi) is 3.95. The Morgan fingerprint density at radius 2 is 2.05 bits per heavy atom. The number of hydrogen-bond acceptors (Lipinski definition) is 1. The lowest BCUT2D eigenvalue weighted by Crippen LogP contribution is -2.00. The van der Waals surface area contributed by atoms with Crippen LogP contribution in [0.4, 0.5) is 4.39 Å². The van der Waals surface area contributed by atoms with E-state index in [1.807, 2.05) is 16.7 Å². The first-order valence-corrected chi connectivity index (χ1v) is 7.90. The van der Waals surface area contributed by atoms with Gasteiger partial charge in [-0.2, -0.15) is 0 Å². The number of aromatic nitrogens is 2. The maximum absolute atomic E-state index is 13.7. The normalized spacial score (nSPS) is 11.3. The van der Waals surface area contributed by atoms with Crippen LogP contribution < -0.4 is 0 Å². The highest BCUT2D eigenvalue weighted by molar-refractivity contribution is 9.10. The third kappa shape index (κ3) is 2.56. The molecular formula is C15H10BrCl2FN2. The summed E-state index contributed by atoms with van der Waals surface area (Å²) in [6, 6.07) is 8.71. The van der Waals surface area contributed by atoms with Crippen LogP contribution in [-0.2, 0) is 5.88 Å². The van der Waals surface area contributed by atoms with Gasteiger partial charge in [0.2, 0.25) is 0 Å². The molecule has 0 spiro atoms. The van der Waals surface area contributed by atoms with Crippen molar-refractivity contribution in [3.05, 3.63) is 57.0 Å². The second kappa shape index (κ2) is 5.59. The van der Waals surface area contributed by atoms with Gasteiger partial charge in [-0.1, -0.05) is 27.5 Å². The number of imidazole rings is 1. The van der Waals surface area contributed by atoms with Crippen molar-refractivity contribution >= 4 is 50.2 Å². The fourth-order valence-corrected chi connectivity index (χ4v) is 3.00. The number of nitrogens with zero attached hydrogens (tertiary/aromatic N) is 2. The van der Waals surface area contributed by atoms with E-state index in [1.165, 1.54) is 6.07 Å². The molecule has 2 nitrogen and oxygen atoms in total. The third-order valence-corrected chi connectivity index (χ3v) is 4.32. The average Bonchev–Trinajstić information content (AvgIpc) is 2.79. The Bertz CT molecular complexity index is 845. The van der Waals surface area contributed by atoms with E-state index in [9.17, 15) is 4.39 Å². The minimum atomic E-state index is -0.284. The minimum absolute atomic E-state index is 0.207. The summed E-state index contributed by atoms with van der Waals surface area (Å²) < 4.78 is 16.5. The first-order valence-electron chi connectivity index (χ1n) is 6.20. The molecule has 0 atom stereocenters. The summed E-state index contributed by atoms with van der Waals surface area (Å²) in [6.45, 7) is 1.72. The highest BCUT2D eigenvalue weighted by Crippen LogP contribution is 2.31. The van der Waals surface area contributed by atoms with Crippen LogP contribution in [-0.4, -0.2) is 9.55 Å². The standard InChI is InChI=1S/C15H10BrCl2FN2/c1-8-4-14-12(6-11(8)19)20-15(7-17)21(14)13-5-9(16)2-3-10(13)18/h2-6H,7H2,1H3. The molecule has 0 unspecified atom stereocenters. The Morgan fingerprint density at radius 3 is 2.76 bits per heavy atom. The van der Waals surface area contributed by atoms with Gasteiger partial charge >= 0.3 is 0 Å². The molecule has 21 heavy (non-hydrogen) atoms. The molecule has 3 aromatic rings. The van der Waals surface area contributed by atoms with Crippen LogP contribution in [0, 0.1) is 12.7 Å². The second-order valence-corrected chi connectivity index (χ2v) is 6.27. The molecular weight excluding hydrogens is 378 g/mol. The lowest BCUT2D eigenvalue weighted by molar-refractivity contribution is 0.620. The van der Waals surface area contributed by atoms with E-state index in [0.29, 0.717) is 21.9 Å². The summed E-state index contributed by atoms with van der Waals surface area (Å²) in [7, 11) is 0. The van der Waals surface area contributed by atoms with Gasteiger partial charge in [0, 0.05) is 10.5 Å². The summed E-state index contributed by atoms with van der Waals surface area (Å²) in [5.41, 5.74) is 2.65. The highest BCUT2D eigenvalue weighted by Gasteiger charge is 2.16. The predicted octanol–water partition coefficient (Wildman–Crippen LogP) is 5.63. The topological polar surface area (TPSA) is 17.8 Å². The Balaban J connectivity index is 2.40. The molecule has 0 aliphatic heterocycles. The van der Waals surface area contributed by atoms with Crippen molar-refractivity contribution in [3.8, 4) is 5.69 Å². The van der Waals surface area contributed by atoms with Gasteiger partial charge in [-0.3, -0.25) is 4.57 Å². The zero-order valence-corrected chi connectivity index (χ0v) is 14.1. The summed E-state index contributed by atoms with van der Waals surface area (Å²) in [6.07, 6.45) is 0. The van der Waals surface area contributed by atoms with Crippen LogP contribution in [0.25, 0.3) is 16.7 Å². The fraction of sp³-hybridized carbons (Fsp3) is 0.133. The fourth-order valence-electron chi connectivity index (χ4n) is 2.27. The van der Waals surface area contributed by atoms with Crippen LogP contribution in [0.15, 0.2) is 34.8 Å². The first-order chi connectivity index (χ1) is 10.0. The van der Waals surface area contributed by atoms with Gasteiger partial charge in [0.05, 0.1) is 27.6 Å². The van der Waals surface area contributed by atoms with E-state index in [0.717, 1.165) is 15.7 Å². The first kappa shape index (κ1) is 14.8. The molecule has 6 heteroatoms. The van der Waals surface area contributed by atoms with Crippen molar-refractivity contribution in [3.63, 3.8) is 0 Å². The number of fused-ring (bicyclic) bond motifs is 1. The molecule has 0 aliphatic carbocycles. The zero-order chi connectivity index (χ0) is 15.1. The van der Waals surface area contributed by atoms with Crippen molar-refractivity contribution < 1.29 is 4.39 Å². The molecule has 0 amide bonds. The Hall–Kier alpha value is -1.10. The van der Waals surface area contributed by atoms with Crippen LogP contribution in [0.3, 0.4) is 0 Å². The van der Waals surface area contributed by atoms with E-state index in [4.69, 9.17) is 23.2 Å². The van der Waals surface area contributed by atoms with E-state index >= 15 is 0 Å². The Labute approximate surface area is 139 Å². The zero-order valence-electron chi connectivity index (χ0n) is 11.0. The average molecular weight is 388 g/mol. The number of halogens is 4. The number of aryl methyl sites for hydroxylation is 1. The molecule has 1 aromatic heterocycles. The maximum atomic E-state index is 13.7. The van der Waals surface area contributed by atoms with E-state index < -0.39 is 0 Å². The van der Waals surface area contributed by atoms with Crippen LogP contribution in [0.1, 0.15) is 11.4 Å². The van der Waals surface area contributed by atoms with Crippen molar-refractivity contribution in [2.75, 3.05) is 0 Å². The molecule has 1 heterocycles. The van der Waals surface area contributed by atoms with E-state index in [1.54, 1.807) is 19.1 Å². The van der Waals surface area contributed by atoms with Gasteiger partial charge in [-0.15, -0.1) is 11.6 Å². The van der Waals surface area contributed by atoms with Crippen molar-refractivity contribution in [1.82, 2.24) is 9.55 Å². The summed E-state index contributed by atoms with van der Waals surface area (Å²) in [4.78, 5) is 4.40. The predicted molar refractivity (Wildman–Crippen MR) is 88.0 cm³/mol. The van der Waals surface area contributed by atoms with Gasteiger partial charge in [0.25, 0.3) is 0 Å². The van der Waals surface area contributed by atoms with Crippen molar-refractivity contribution in [2.45, 2.75) is 12.8 Å². The summed E-state index contributed by atoms with van der Waals surface area (Å²) >= 11 is 15.7. The lowest BCUT2D eigenvalue weighted by Gasteiger charge is -2.11. The monoisotopic (exact) mass is 386 g/mol. The molecule has 0 radical (unpaired) electrons. The smallest absolute Gasteiger partial charge is 0.129 e. The van der Waals surface area contributed by atoms with Crippen LogP contribution in [0.5, 0.6) is 0 Å². The highest BCUT2D eigenvalue weighted by atomic mass is 79.9. The van der Waals surface area contributed by atoms with Gasteiger partial charge < -0.3 is 0 Å². The van der Waals surface area contributed by atoms with E-state index in [-0.39, 0.29) is 11.7 Å². The molecule has 108 valence electrons. The summed E-state index contributed by atoms with van der Waals surface area (Å²) in [5, 5.41) is 0.575. The van der Waals surface area contributed by atoms with Gasteiger partial charge in [-0.05, 0) is 36.8 Å². The quantitative estimate of drug-likeness (QED) is 0.521. The van der Waals surface area contributed by atoms with E-state index in [2.05, 4.69) is 20.9 Å². The molecule has 2 aromatic carbocycles. The second-order valence-electron chi connectivity index (χ2n) is 4.68. The maximum Gasteiger partial charge on any atom is 0.129 e. The largest absolute Gasteiger partial charge is 0.294 e. The molecule has 0 saturated heterocycles. The van der Waals surface area contributed by atoms with Crippen molar-refractivity contribution in [1.29, 1.82) is 0 Å². The third-order valence-electron chi connectivity index (χ3n) is 3.27.